The first-order valence-electron chi connectivity index (χ1n) is 6.23. The number of hydrogen-bond acceptors (Lipinski definition) is 2. The molecule has 0 aliphatic carbocycles. The molecule has 0 aliphatic heterocycles. The third-order valence-electron chi connectivity index (χ3n) is 2.60. The van der Waals surface area contributed by atoms with Crippen molar-refractivity contribution >= 4 is 0 Å². The molecule has 1 aromatic heterocycles. The molecule has 94 valence electrons. The predicted octanol–water partition coefficient (Wildman–Crippen LogP) is 3.67. The van der Waals surface area contributed by atoms with E-state index >= 15 is 0 Å². The molecular formula is C14H23N3. The fourth-order valence-electron chi connectivity index (χ4n) is 1.64. The topological polar surface area (TPSA) is 30.7 Å². The minimum atomic E-state index is 0.917. The van der Waals surface area contributed by atoms with Crippen molar-refractivity contribution in [3.8, 4) is 0 Å². The molecule has 0 fully saturated rings. The minimum absolute atomic E-state index is 0.917. The van der Waals surface area contributed by atoms with Gasteiger partial charge in [-0.25, -0.2) is 0 Å². The third kappa shape index (κ3) is 6.05. The molecule has 0 spiro atoms. The monoisotopic (exact) mass is 233 g/mol. The molecule has 3 heteroatoms. The van der Waals surface area contributed by atoms with Crippen molar-refractivity contribution in [3.05, 3.63) is 35.2 Å². The van der Waals surface area contributed by atoms with Gasteiger partial charge in [-0.15, -0.1) is 5.10 Å². The molecule has 0 aromatic carbocycles. The van der Waals surface area contributed by atoms with E-state index in [4.69, 9.17) is 0 Å². The largest absolute Gasteiger partial charge is 0.252 e. The molecule has 0 bridgehead atoms. The molecular weight excluding hydrogens is 210 g/mol. The molecule has 0 N–H and O–H groups in total. The number of hydrogen-bond donors (Lipinski definition) is 0. The molecule has 0 amide bonds. The summed E-state index contributed by atoms with van der Waals surface area (Å²) >= 11 is 0. The quantitative estimate of drug-likeness (QED) is 0.702. The Labute approximate surface area is 104 Å². The Kier molecular flexibility index (Phi) is 5.67. The minimum Gasteiger partial charge on any atom is -0.252 e. The Balaban J connectivity index is 2.26. The average Bonchev–Trinajstić information content (AvgIpc) is 2.63. The zero-order valence-corrected chi connectivity index (χ0v) is 11.4. The number of allylic oxidation sites excluding steroid dienone is 4. The molecule has 17 heavy (non-hydrogen) atoms. The maximum Gasteiger partial charge on any atom is 0.0796 e. The van der Waals surface area contributed by atoms with Crippen LogP contribution in [0.4, 0.5) is 0 Å². The Hall–Kier alpha value is -1.38. The lowest BCUT2D eigenvalue weighted by Gasteiger charge is -2.00. The van der Waals surface area contributed by atoms with Gasteiger partial charge in [-0.2, -0.15) is 0 Å². The van der Waals surface area contributed by atoms with Gasteiger partial charge >= 0.3 is 0 Å². The van der Waals surface area contributed by atoms with E-state index in [2.05, 4.69) is 43.2 Å². The summed E-state index contributed by atoms with van der Waals surface area (Å²) in [7, 11) is 0. The molecule has 0 saturated carbocycles. The van der Waals surface area contributed by atoms with Crippen LogP contribution in [-0.2, 0) is 6.54 Å². The highest BCUT2D eigenvalue weighted by Gasteiger charge is 1.94. The molecule has 3 nitrogen and oxygen atoms in total. The first-order valence-corrected chi connectivity index (χ1v) is 6.23. The molecule has 0 radical (unpaired) electrons. The summed E-state index contributed by atoms with van der Waals surface area (Å²) in [5, 5.41) is 7.99. The molecule has 1 aromatic rings. The Morgan fingerprint density at radius 3 is 2.59 bits per heavy atom. The van der Waals surface area contributed by atoms with Gasteiger partial charge in [0.25, 0.3) is 0 Å². The fraction of sp³-hybridized carbons (Fsp3) is 0.571. The fourth-order valence-corrected chi connectivity index (χ4v) is 1.64. The van der Waals surface area contributed by atoms with E-state index in [-0.39, 0.29) is 0 Å². The van der Waals surface area contributed by atoms with Crippen LogP contribution >= 0.6 is 0 Å². The first kappa shape index (κ1) is 13.7. The summed E-state index contributed by atoms with van der Waals surface area (Å²) in [6, 6.07) is 0. The van der Waals surface area contributed by atoms with Crippen LogP contribution in [0.2, 0.25) is 0 Å². The van der Waals surface area contributed by atoms with Crippen molar-refractivity contribution in [2.45, 2.75) is 53.5 Å². The highest BCUT2D eigenvalue weighted by Crippen LogP contribution is 2.08. The second-order valence-electron chi connectivity index (χ2n) is 4.78. The summed E-state index contributed by atoms with van der Waals surface area (Å²) in [6.45, 7) is 9.37. The van der Waals surface area contributed by atoms with Gasteiger partial charge in [0.15, 0.2) is 0 Å². The van der Waals surface area contributed by atoms with Crippen LogP contribution < -0.4 is 0 Å². The van der Waals surface area contributed by atoms with E-state index in [1.54, 1.807) is 0 Å². The van der Waals surface area contributed by atoms with Crippen LogP contribution in [0.3, 0.4) is 0 Å². The molecule has 0 saturated heterocycles. The van der Waals surface area contributed by atoms with E-state index in [1.807, 2.05) is 17.8 Å². The van der Waals surface area contributed by atoms with Crippen molar-refractivity contribution in [1.29, 1.82) is 0 Å². The Morgan fingerprint density at radius 2 is 2.00 bits per heavy atom. The highest BCUT2D eigenvalue weighted by atomic mass is 15.4. The molecule has 0 aliphatic rings. The highest BCUT2D eigenvalue weighted by molar-refractivity contribution is 5.02. The van der Waals surface area contributed by atoms with Gasteiger partial charge in [-0.3, -0.25) is 4.68 Å². The Morgan fingerprint density at radius 1 is 1.24 bits per heavy atom. The maximum atomic E-state index is 4.03. The van der Waals surface area contributed by atoms with Crippen LogP contribution in [0.15, 0.2) is 29.5 Å². The van der Waals surface area contributed by atoms with Crippen LogP contribution in [0.5, 0.6) is 0 Å². The van der Waals surface area contributed by atoms with Crippen molar-refractivity contribution in [3.63, 3.8) is 0 Å². The van der Waals surface area contributed by atoms with Crippen molar-refractivity contribution in [1.82, 2.24) is 15.0 Å². The van der Waals surface area contributed by atoms with E-state index in [9.17, 15) is 0 Å². The van der Waals surface area contributed by atoms with Gasteiger partial charge in [0.2, 0.25) is 0 Å². The second-order valence-corrected chi connectivity index (χ2v) is 4.78. The summed E-state index contributed by atoms with van der Waals surface area (Å²) in [6.07, 6.45) is 9.90. The van der Waals surface area contributed by atoms with Crippen LogP contribution in [0.1, 0.15) is 45.7 Å². The van der Waals surface area contributed by atoms with E-state index in [0.29, 0.717) is 0 Å². The van der Waals surface area contributed by atoms with Crippen molar-refractivity contribution < 1.29 is 0 Å². The number of rotatable bonds is 6. The van der Waals surface area contributed by atoms with E-state index in [1.165, 1.54) is 11.1 Å². The zero-order valence-electron chi connectivity index (χ0n) is 11.4. The zero-order chi connectivity index (χ0) is 12.7. The van der Waals surface area contributed by atoms with Gasteiger partial charge in [0.05, 0.1) is 5.69 Å². The van der Waals surface area contributed by atoms with Gasteiger partial charge in [-0.1, -0.05) is 28.5 Å². The smallest absolute Gasteiger partial charge is 0.0796 e. The second kappa shape index (κ2) is 7.05. The summed E-state index contributed by atoms with van der Waals surface area (Å²) in [5.74, 6) is 0. The van der Waals surface area contributed by atoms with Gasteiger partial charge in [0.1, 0.15) is 0 Å². The van der Waals surface area contributed by atoms with E-state index in [0.717, 1.165) is 31.5 Å². The van der Waals surface area contributed by atoms with E-state index < -0.39 is 0 Å². The molecule has 0 unspecified atom stereocenters. The van der Waals surface area contributed by atoms with Crippen LogP contribution in [-0.4, -0.2) is 15.0 Å². The summed E-state index contributed by atoms with van der Waals surface area (Å²) < 4.78 is 1.90. The third-order valence-corrected chi connectivity index (χ3v) is 2.60. The maximum absolute atomic E-state index is 4.03. The van der Waals surface area contributed by atoms with Gasteiger partial charge in [0, 0.05) is 12.7 Å². The predicted molar refractivity (Wildman–Crippen MR) is 71.8 cm³/mol. The standard InChI is InChI=1S/C14H23N3/c1-12(2)7-5-8-13(3)9-6-10-17-11-14(4)15-16-17/h7,9,11H,5-6,8,10H2,1-4H3/b13-9+. The molecule has 1 rings (SSSR count). The lowest BCUT2D eigenvalue weighted by molar-refractivity contribution is 0.595. The molecule has 1 heterocycles. The van der Waals surface area contributed by atoms with Crippen molar-refractivity contribution in [2.75, 3.05) is 0 Å². The first-order chi connectivity index (χ1) is 8.08. The average molecular weight is 233 g/mol. The Bertz CT molecular complexity index is 395. The van der Waals surface area contributed by atoms with Crippen LogP contribution in [0.25, 0.3) is 0 Å². The SMILES string of the molecule is CC(C)=CCC/C(C)=C/CCn1cc(C)nn1. The summed E-state index contributed by atoms with van der Waals surface area (Å²) in [5.41, 5.74) is 3.84. The van der Waals surface area contributed by atoms with Crippen LogP contribution in [0, 0.1) is 6.92 Å². The number of aryl methyl sites for hydroxylation is 2. The number of nitrogens with zero attached hydrogens (tertiary/aromatic N) is 3. The number of aromatic nitrogens is 3. The molecule has 0 atom stereocenters. The lowest BCUT2D eigenvalue weighted by atomic mass is 10.1. The van der Waals surface area contributed by atoms with Crippen molar-refractivity contribution in [2.24, 2.45) is 0 Å². The van der Waals surface area contributed by atoms with Gasteiger partial charge in [-0.05, 0) is 47.0 Å². The van der Waals surface area contributed by atoms with Gasteiger partial charge < -0.3 is 0 Å². The normalized spacial score (nSPS) is 11.6. The lowest BCUT2D eigenvalue weighted by Crippen LogP contribution is -1.97. The summed E-state index contributed by atoms with van der Waals surface area (Å²) in [4.78, 5) is 0.